The quantitative estimate of drug-likeness (QED) is 0.150. The van der Waals surface area contributed by atoms with Gasteiger partial charge in [0, 0.05) is 49.7 Å². The normalized spacial score (nSPS) is 13.2. The first kappa shape index (κ1) is 30.4. The van der Waals surface area contributed by atoms with Crippen LogP contribution >= 0.6 is 0 Å². The van der Waals surface area contributed by atoms with Gasteiger partial charge in [-0.1, -0.05) is 88.4 Å². The van der Waals surface area contributed by atoms with Crippen LogP contribution in [0.1, 0.15) is 49.9 Å². The van der Waals surface area contributed by atoms with Crippen LogP contribution < -0.4 is 9.64 Å². The summed E-state index contributed by atoms with van der Waals surface area (Å²) in [5.74, 6) is 1.23. The van der Waals surface area contributed by atoms with Crippen LogP contribution in [-0.2, 0) is 31.9 Å². The number of aromatic nitrogens is 2. The van der Waals surface area contributed by atoms with E-state index in [0.29, 0.717) is 11.5 Å². The summed E-state index contributed by atoms with van der Waals surface area (Å²) >= 11 is 0. The van der Waals surface area contributed by atoms with Crippen molar-refractivity contribution >= 4 is 5.69 Å². The molecule has 6 heteroatoms. The first-order valence-corrected chi connectivity index (χ1v) is 14.2. The molecule has 222 valence electrons. The molecule has 5 nitrogen and oxygen atoms in total. The van der Waals surface area contributed by atoms with Crippen molar-refractivity contribution in [1.29, 1.82) is 0 Å². The summed E-state index contributed by atoms with van der Waals surface area (Å²) in [5.41, 5.74) is 6.01. The molecule has 0 fully saturated rings. The van der Waals surface area contributed by atoms with Gasteiger partial charge >= 0.3 is 0 Å². The molecule has 0 atom stereocenters. The van der Waals surface area contributed by atoms with Gasteiger partial charge in [-0.15, -0.1) is 47.6 Å². The van der Waals surface area contributed by atoms with Crippen LogP contribution in [0.25, 0.3) is 5.69 Å². The molecule has 0 aliphatic carbocycles. The standard InChI is InChI=1S/C37H35N4O.Pt/c1-36(2,28-13-8-6-9-14-28)30-21-33(40-20-19-39(5)27-40)24-35(22-30)42-34-18-12-17-32(23-34)41-26-31(25-38-41)37(3,4)29-15-10-7-11-16-29;/h6-22,25-27H,1-5H3;/q-3;. The van der Waals surface area contributed by atoms with Gasteiger partial charge in [-0.05, 0) is 41.7 Å². The van der Waals surface area contributed by atoms with Crippen molar-refractivity contribution < 1.29 is 25.8 Å². The van der Waals surface area contributed by atoms with Crippen molar-refractivity contribution in [3.63, 3.8) is 0 Å². The fourth-order valence-corrected chi connectivity index (χ4v) is 5.24. The van der Waals surface area contributed by atoms with E-state index < -0.39 is 0 Å². The third kappa shape index (κ3) is 6.33. The largest absolute Gasteiger partial charge is 0.510 e. The summed E-state index contributed by atoms with van der Waals surface area (Å²) in [4.78, 5) is 4.06. The van der Waals surface area contributed by atoms with Gasteiger partial charge in [0.05, 0.1) is 6.20 Å². The molecule has 1 aliphatic rings. The monoisotopic (exact) mass is 746 g/mol. The molecule has 0 unspecified atom stereocenters. The molecule has 2 heterocycles. The zero-order chi connectivity index (χ0) is 29.3. The number of rotatable bonds is 8. The maximum Gasteiger partial charge on any atom is 0.0534 e. The van der Waals surface area contributed by atoms with Gasteiger partial charge in [-0.3, -0.25) is 4.68 Å². The summed E-state index contributed by atoms with van der Waals surface area (Å²) in [6.45, 7) is 10.9. The molecule has 43 heavy (non-hydrogen) atoms. The zero-order valence-electron chi connectivity index (χ0n) is 25.1. The number of benzene rings is 4. The molecule has 0 radical (unpaired) electrons. The van der Waals surface area contributed by atoms with Gasteiger partial charge in [0.15, 0.2) is 0 Å². The predicted molar refractivity (Wildman–Crippen MR) is 169 cm³/mol. The summed E-state index contributed by atoms with van der Waals surface area (Å²) in [6.07, 6.45) is 8.04. The van der Waals surface area contributed by atoms with Crippen LogP contribution in [-0.4, -0.2) is 21.7 Å². The molecule has 6 rings (SSSR count). The van der Waals surface area contributed by atoms with E-state index in [0.717, 1.165) is 22.5 Å². The van der Waals surface area contributed by atoms with Crippen LogP contribution in [0.5, 0.6) is 11.5 Å². The Labute approximate surface area is 269 Å². The second kappa shape index (κ2) is 12.3. The molecule has 0 bridgehead atoms. The topological polar surface area (TPSA) is 33.5 Å². The number of nitrogens with zero attached hydrogens (tertiary/aromatic N) is 4. The van der Waals surface area contributed by atoms with E-state index in [-0.39, 0.29) is 31.9 Å². The van der Waals surface area contributed by atoms with Crippen molar-refractivity contribution in [3.05, 3.63) is 157 Å². The van der Waals surface area contributed by atoms with E-state index in [1.54, 1.807) is 0 Å². The Morgan fingerprint density at radius 3 is 1.93 bits per heavy atom. The molecule has 0 spiro atoms. The van der Waals surface area contributed by atoms with Gasteiger partial charge in [-0.25, -0.2) is 0 Å². The van der Waals surface area contributed by atoms with Crippen LogP contribution in [0.2, 0.25) is 0 Å². The molecule has 4 aromatic carbocycles. The van der Waals surface area contributed by atoms with Crippen molar-refractivity contribution in [2.75, 3.05) is 11.9 Å². The molecule has 0 saturated carbocycles. The Kier molecular flexibility index (Phi) is 8.66. The van der Waals surface area contributed by atoms with Gasteiger partial charge < -0.3 is 14.5 Å². The summed E-state index contributed by atoms with van der Waals surface area (Å²) in [6, 6.07) is 38.1. The number of hydrogen-bond acceptors (Lipinski definition) is 4. The maximum absolute atomic E-state index is 6.45. The first-order valence-electron chi connectivity index (χ1n) is 14.2. The zero-order valence-corrected chi connectivity index (χ0v) is 27.3. The third-order valence-electron chi connectivity index (χ3n) is 8.11. The Morgan fingerprint density at radius 2 is 1.30 bits per heavy atom. The van der Waals surface area contributed by atoms with Crippen LogP contribution in [0, 0.1) is 18.8 Å². The van der Waals surface area contributed by atoms with E-state index in [9.17, 15) is 0 Å². The SMILES string of the molecule is CN1C=CN(c2[c-]c(Oc3[c-]c(-n4cc(C(C)(C)c5ccccc5)cn4)ccc3)cc(C(C)(C)c3ccccc3)c2)[CH-]1.[Pt]. The van der Waals surface area contributed by atoms with E-state index in [1.165, 1.54) is 11.1 Å². The predicted octanol–water partition coefficient (Wildman–Crippen LogP) is 8.26. The van der Waals surface area contributed by atoms with Crippen molar-refractivity contribution in [2.24, 2.45) is 0 Å². The Hall–Kier alpha value is -4.08. The molecule has 0 amide bonds. The van der Waals surface area contributed by atoms with Crippen molar-refractivity contribution in [2.45, 2.75) is 38.5 Å². The minimum Gasteiger partial charge on any atom is -0.510 e. The Morgan fingerprint density at radius 1 is 0.674 bits per heavy atom. The minimum atomic E-state index is -0.249. The van der Waals surface area contributed by atoms with E-state index in [1.807, 2.05) is 72.2 Å². The van der Waals surface area contributed by atoms with Crippen molar-refractivity contribution in [3.8, 4) is 17.2 Å². The van der Waals surface area contributed by atoms with Gasteiger partial charge in [-0.2, -0.15) is 17.8 Å². The number of ether oxygens (including phenoxy) is 1. The summed E-state index contributed by atoms with van der Waals surface area (Å²) < 4.78 is 8.31. The second-order valence-electron chi connectivity index (χ2n) is 11.8. The van der Waals surface area contributed by atoms with Crippen LogP contribution in [0.3, 0.4) is 0 Å². The molecule has 1 aromatic heterocycles. The second-order valence-corrected chi connectivity index (χ2v) is 11.8. The van der Waals surface area contributed by atoms with Gasteiger partial charge in [0.25, 0.3) is 0 Å². The fourth-order valence-electron chi connectivity index (χ4n) is 5.24. The van der Waals surface area contributed by atoms with Crippen LogP contribution in [0.4, 0.5) is 5.69 Å². The maximum atomic E-state index is 6.45. The molecule has 0 saturated heterocycles. The fraction of sp³-hybridized carbons (Fsp3) is 0.189. The van der Waals surface area contributed by atoms with Gasteiger partial charge in [0.1, 0.15) is 0 Å². The average molecular weight is 747 g/mol. The Balaban J connectivity index is 0.00000368. The molecule has 5 aromatic rings. The Bertz CT molecular complexity index is 1710. The number of hydrogen-bond donors (Lipinski definition) is 0. The molecular formula is C37H35N4OPt-3. The van der Waals surface area contributed by atoms with E-state index in [4.69, 9.17) is 4.74 Å². The van der Waals surface area contributed by atoms with Crippen LogP contribution in [0.15, 0.2) is 116 Å². The molecular weight excluding hydrogens is 712 g/mol. The molecule has 1 aliphatic heterocycles. The first-order chi connectivity index (χ1) is 20.2. The smallest absolute Gasteiger partial charge is 0.0534 e. The summed E-state index contributed by atoms with van der Waals surface area (Å²) in [7, 11) is 2.01. The third-order valence-corrected chi connectivity index (χ3v) is 8.11. The van der Waals surface area contributed by atoms with E-state index in [2.05, 4.69) is 117 Å². The number of anilines is 1. The molecule has 0 N–H and O–H groups in total. The summed E-state index contributed by atoms with van der Waals surface area (Å²) in [5, 5.41) is 4.68. The van der Waals surface area contributed by atoms with E-state index >= 15 is 0 Å². The van der Waals surface area contributed by atoms with Crippen molar-refractivity contribution in [1.82, 2.24) is 14.7 Å². The average Bonchev–Trinajstić information content (AvgIpc) is 3.68. The van der Waals surface area contributed by atoms with Gasteiger partial charge in [0.2, 0.25) is 0 Å². The minimum absolute atomic E-state index is 0.